The van der Waals surface area contributed by atoms with E-state index in [1.165, 1.54) is 0 Å². The Bertz CT molecular complexity index is 679. The number of amides is 4. The van der Waals surface area contributed by atoms with Crippen molar-refractivity contribution in [2.45, 2.75) is 112 Å². The Hall–Kier alpha value is -2.16. The van der Waals surface area contributed by atoms with Crippen LogP contribution in [0.5, 0.6) is 0 Å². The van der Waals surface area contributed by atoms with Crippen molar-refractivity contribution in [2.24, 2.45) is 23.7 Å². The van der Waals surface area contributed by atoms with Gasteiger partial charge in [-0.15, -0.1) is 0 Å². The predicted molar refractivity (Wildman–Crippen MR) is 138 cm³/mol. The molecule has 4 atom stereocenters. The van der Waals surface area contributed by atoms with E-state index in [0.717, 1.165) is 6.42 Å². The van der Waals surface area contributed by atoms with Crippen molar-refractivity contribution < 1.29 is 24.3 Å². The van der Waals surface area contributed by atoms with Gasteiger partial charge in [0.2, 0.25) is 23.6 Å². The standard InChI is InChI=1S/C26H50N4O5/c1-15(2)10-11-27-25(34)19(9)28-23(33)14-21(31)20(12-16(3)4)29-26(35)24(18(7)8)30-22(32)13-17(5)6/h15-21,24,31H,10-14H2,1-9H3,(H,27,34)(H,28,33)(H,29,35)(H,30,32)/t19-,20+,21-,24-/m0/s1. The van der Waals surface area contributed by atoms with E-state index in [9.17, 15) is 24.3 Å². The summed E-state index contributed by atoms with van der Waals surface area (Å²) >= 11 is 0. The zero-order valence-electron chi connectivity index (χ0n) is 23.2. The molecule has 35 heavy (non-hydrogen) atoms. The number of rotatable bonds is 16. The molecule has 0 aromatic heterocycles. The Morgan fingerprint density at radius 1 is 0.686 bits per heavy atom. The lowest BCUT2D eigenvalue weighted by molar-refractivity contribution is -0.132. The Kier molecular flexibility index (Phi) is 15.5. The van der Waals surface area contributed by atoms with E-state index in [2.05, 4.69) is 35.1 Å². The van der Waals surface area contributed by atoms with E-state index in [1.807, 2.05) is 41.5 Å². The third-order valence-electron chi connectivity index (χ3n) is 5.56. The second-order valence-corrected chi connectivity index (χ2v) is 11.2. The molecular weight excluding hydrogens is 448 g/mol. The monoisotopic (exact) mass is 498 g/mol. The van der Waals surface area contributed by atoms with Crippen LogP contribution in [-0.4, -0.2) is 59.5 Å². The van der Waals surface area contributed by atoms with E-state index in [-0.39, 0.29) is 41.9 Å². The SMILES string of the molecule is CC(C)CCNC(=O)[C@H](C)NC(=O)C[C@H](O)[C@@H](CC(C)C)NC(=O)[C@@H](NC(=O)CC(C)C)C(C)C. The minimum atomic E-state index is -1.14. The van der Waals surface area contributed by atoms with Gasteiger partial charge in [0.05, 0.1) is 18.6 Å². The first-order valence-corrected chi connectivity index (χ1v) is 13.0. The molecule has 0 radical (unpaired) electrons. The molecule has 5 N–H and O–H groups in total. The van der Waals surface area contributed by atoms with Gasteiger partial charge in [0.1, 0.15) is 12.1 Å². The van der Waals surface area contributed by atoms with Gasteiger partial charge in [0.25, 0.3) is 0 Å². The average Bonchev–Trinajstić information content (AvgIpc) is 2.69. The Morgan fingerprint density at radius 2 is 1.26 bits per heavy atom. The largest absolute Gasteiger partial charge is 0.390 e. The van der Waals surface area contributed by atoms with Crippen LogP contribution in [0, 0.1) is 23.7 Å². The summed E-state index contributed by atoms with van der Waals surface area (Å²) in [6, 6.07) is -2.15. The fourth-order valence-electron chi connectivity index (χ4n) is 3.57. The summed E-state index contributed by atoms with van der Waals surface area (Å²) in [5, 5.41) is 21.8. The zero-order valence-corrected chi connectivity index (χ0v) is 23.2. The second-order valence-electron chi connectivity index (χ2n) is 11.2. The summed E-state index contributed by atoms with van der Waals surface area (Å²) in [4.78, 5) is 49.9. The summed E-state index contributed by atoms with van der Waals surface area (Å²) in [6.07, 6.45) is 0.218. The van der Waals surface area contributed by atoms with Gasteiger partial charge >= 0.3 is 0 Å². The molecule has 0 aliphatic carbocycles. The highest BCUT2D eigenvalue weighted by atomic mass is 16.3. The molecule has 0 saturated carbocycles. The van der Waals surface area contributed by atoms with E-state index in [0.29, 0.717) is 25.3 Å². The van der Waals surface area contributed by atoms with E-state index >= 15 is 0 Å². The number of hydrogen-bond acceptors (Lipinski definition) is 5. The van der Waals surface area contributed by atoms with Crippen LogP contribution in [0.2, 0.25) is 0 Å². The number of aliphatic hydroxyl groups excluding tert-OH is 1. The molecule has 0 fully saturated rings. The van der Waals surface area contributed by atoms with E-state index in [1.54, 1.807) is 6.92 Å². The van der Waals surface area contributed by atoms with Crippen LogP contribution in [0.25, 0.3) is 0 Å². The quantitative estimate of drug-likeness (QED) is 0.222. The third-order valence-corrected chi connectivity index (χ3v) is 5.56. The van der Waals surface area contributed by atoms with Crippen LogP contribution in [0.3, 0.4) is 0 Å². The van der Waals surface area contributed by atoms with Crippen molar-refractivity contribution in [2.75, 3.05) is 6.54 Å². The minimum Gasteiger partial charge on any atom is -0.390 e. The molecule has 0 spiro atoms. The van der Waals surface area contributed by atoms with Crippen LogP contribution in [0.4, 0.5) is 0 Å². The Balaban J connectivity index is 5.09. The maximum atomic E-state index is 13.0. The zero-order chi connectivity index (χ0) is 27.3. The normalized spacial score (nSPS) is 15.0. The van der Waals surface area contributed by atoms with Crippen molar-refractivity contribution in [3.8, 4) is 0 Å². The second kappa shape index (κ2) is 16.5. The Morgan fingerprint density at radius 3 is 1.74 bits per heavy atom. The van der Waals surface area contributed by atoms with Crippen LogP contribution in [-0.2, 0) is 19.2 Å². The molecule has 0 aliphatic rings. The molecular formula is C26H50N4O5. The van der Waals surface area contributed by atoms with Crippen LogP contribution in [0.1, 0.15) is 88.0 Å². The lowest BCUT2D eigenvalue weighted by Gasteiger charge is -2.29. The summed E-state index contributed by atoms with van der Waals surface area (Å²) in [7, 11) is 0. The highest BCUT2D eigenvalue weighted by Gasteiger charge is 2.30. The first kappa shape index (κ1) is 32.8. The lowest BCUT2D eigenvalue weighted by Crippen LogP contribution is -2.55. The molecule has 9 heteroatoms. The molecule has 9 nitrogen and oxygen atoms in total. The summed E-state index contributed by atoms with van der Waals surface area (Å²) in [6.45, 7) is 17.7. The van der Waals surface area contributed by atoms with Gasteiger partial charge in [-0.1, -0.05) is 55.4 Å². The fraction of sp³-hybridized carbons (Fsp3) is 0.846. The topological polar surface area (TPSA) is 137 Å². The molecule has 0 unspecified atom stereocenters. The van der Waals surface area contributed by atoms with Crippen molar-refractivity contribution in [3.63, 3.8) is 0 Å². The smallest absolute Gasteiger partial charge is 0.243 e. The van der Waals surface area contributed by atoms with Crippen LogP contribution in [0.15, 0.2) is 0 Å². The molecule has 204 valence electrons. The average molecular weight is 499 g/mol. The maximum absolute atomic E-state index is 13.0. The van der Waals surface area contributed by atoms with Gasteiger partial charge < -0.3 is 26.4 Å². The molecule has 0 aromatic rings. The summed E-state index contributed by atoms with van der Waals surface area (Å²) in [5.41, 5.74) is 0. The molecule has 0 heterocycles. The van der Waals surface area contributed by atoms with Gasteiger partial charge in [-0.25, -0.2) is 0 Å². The van der Waals surface area contributed by atoms with Gasteiger partial charge in [-0.3, -0.25) is 19.2 Å². The molecule has 0 saturated heterocycles. The van der Waals surface area contributed by atoms with Gasteiger partial charge in [0.15, 0.2) is 0 Å². The Labute approximate surface area is 212 Å². The van der Waals surface area contributed by atoms with Gasteiger partial charge in [0, 0.05) is 13.0 Å². The summed E-state index contributed by atoms with van der Waals surface area (Å²) in [5.74, 6) is -0.718. The molecule has 0 aromatic carbocycles. The highest BCUT2D eigenvalue weighted by Crippen LogP contribution is 2.13. The molecule has 4 amide bonds. The van der Waals surface area contributed by atoms with Crippen molar-refractivity contribution in [1.82, 2.24) is 21.3 Å². The number of hydrogen-bond donors (Lipinski definition) is 5. The fourth-order valence-corrected chi connectivity index (χ4v) is 3.57. The van der Waals surface area contributed by atoms with Crippen LogP contribution >= 0.6 is 0 Å². The first-order chi connectivity index (χ1) is 16.1. The molecule has 0 bridgehead atoms. The van der Waals surface area contributed by atoms with Crippen molar-refractivity contribution >= 4 is 23.6 Å². The first-order valence-electron chi connectivity index (χ1n) is 13.0. The van der Waals surface area contributed by atoms with Crippen molar-refractivity contribution in [3.05, 3.63) is 0 Å². The van der Waals surface area contributed by atoms with E-state index in [4.69, 9.17) is 0 Å². The predicted octanol–water partition coefficient (Wildman–Crippen LogP) is 2.12. The number of carbonyl (C=O) groups excluding carboxylic acids is 4. The lowest BCUT2D eigenvalue weighted by atomic mass is 9.95. The van der Waals surface area contributed by atoms with Gasteiger partial charge in [-0.05, 0) is 43.4 Å². The third kappa shape index (κ3) is 14.8. The van der Waals surface area contributed by atoms with E-state index < -0.39 is 30.1 Å². The molecule has 0 aliphatic heterocycles. The van der Waals surface area contributed by atoms with Crippen LogP contribution < -0.4 is 21.3 Å². The molecule has 0 rings (SSSR count). The highest BCUT2D eigenvalue weighted by molar-refractivity contribution is 5.89. The minimum absolute atomic E-state index is 0.150. The number of aliphatic hydroxyl groups is 1. The number of carbonyl (C=O) groups is 4. The van der Waals surface area contributed by atoms with Gasteiger partial charge in [-0.2, -0.15) is 0 Å². The number of nitrogens with one attached hydrogen (secondary N) is 4. The summed E-state index contributed by atoms with van der Waals surface area (Å²) < 4.78 is 0. The maximum Gasteiger partial charge on any atom is 0.243 e. The van der Waals surface area contributed by atoms with Crippen molar-refractivity contribution in [1.29, 1.82) is 0 Å².